The first-order valence-electron chi connectivity index (χ1n) is 7.77. The molecule has 21 heavy (non-hydrogen) atoms. The maximum atomic E-state index is 13.3. The normalized spacial score (nSPS) is 14.6. The lowest BCUT2D eigenvalue weighted by atomic mass is 10.1. The minimum absolute atomic E-state index is 0.183. The van der Waals surface area contributed by atoms with Gasteiger partial charge in [-0.05, 0) is 43.5 Å². The van der Waals surface area contributed by atoms with Crippen molar-refractivity contribution in [2.24, 2.45) is 0 Å². The quantitative estimate of drug-likeness (QED) is 0.791. The lowest BCUT2D eigenvalue weighted by Crippen LogP contribution is -2.15. The van der Waals surface area contributed by atoms with Crippen LogP contribution >= 0.6 is 0 Å². The molecule has 0 spiro atoms. The smallest absolute Gasteiger partial charge is 0.123 e. The molecular weight excluding hydrogens is 265 g/mol. The second-order valence-electron chi connectivity index (χ2n) is 5.79. The first-order chi connectivity index (χ1) is 10.3. The third kappa shape index (κ3) is 3.50. The number of hydrogen-bond acceptors (Lipinski definition) is 2. The molecule has 0 atom stereocenters. The van der Waals surface area contributed by atoms with Crippen molar-refractivity contribution < 1.29 is 4.39 Å². The zero-order valence-electron chi connectivity index (χ0n) is 12.5. The Labute approximate surface area is 125 Å². The highest BCUT2D eigenvalue weighted by atomic mass is 19.1. The first kappa shape index (κ1) is 14.3. The largest absolute Gasteiger partial charge is 0.313 e. The molecule has 0 radical (unpaired) electrons. The summed E-state index contributed by atoms with van der Waals surface area (Å²) in [7, 11) is 0. The van der Waals surface area contributed by atoms with Gasteiger partial charge in [-0.15, -0.1) is 0 Å². The molecule has 4 heteroatoms. The van der Waals surface area contributed by atoms with Crippen LogP contribution < -0.4 is 5.32 Å². The van der Waals surface area contributed by atoms with Crippen molar-refractivity contribution in [1.29, 1.82) is 0 Å². The molecule has 1 aromatic heterocycles. The summed E-state index contributed by atoms with van der Waals surface area (Å²) in [5, 5.41) is 7.98. The van der Waals surface area contributed by atoms with Crippen molar-refractivity contribution in [3.8, 4) is 0 Å². The zero-order valence-corrected chi connectivity index (χ0v) is 12.5. The van der Waals surface area contributed by atoms with E-state index in [0.29, 0.717) is 12.5 Å². The summed E-state index contributed by atoms with van der Waals surface area (Å²) >= 11 is 0. The van der Waals surface area contributed by atoms with Crippen molar-refractivity contribution in [3.63, 3.8) is 0 Å². The van der Waals surface area contributed by atoms with Gasteiger partial charge in [0.1, 0.15) is 5.82 Å². The Hall–Kier alpha value is -1.68. The van der Waals surface area contributed by atoms with Crippen LogP contribution in [-0.2, 0) is 13.1 Å². The Bertz CT molecular complexity index is 602. The van der Waals surface area contributed by atoms with Gasteiger partial charge in [0, 0.05) is 23.7 Å². The second-order valence-corrected chi connectivity index (χ2v) is 5.79. The lowest BCUT2D eigenvalue weighted by Gasteiger charge is -2.10. The standard InChI is InChI=1S/C17H22FN3/c1-2-8-19-10-15-11-20-21(17(15)14-6-7-14)12-13-4-3-5-16(18)9-13/h3-5,9,11,14,19H,2,6-8,10,12H2,1H3. The number of hydrogen-bond donors (Lipinski definition) is 1. The van der Waals surface area contributed by atoms with Crippen LogP contribution in [0.4, 0.5) is 4.39 Å². The Kier molecular flexibility index (Phi) is 4.34. The summed E-state index contributed by atoms with van der Waals surface area (Å²) in [4.78, 5) is 0. The Morgan fingerprint density at radius 3 is 2.95 bits per heavy atom. The fourth-order valence-corrected chi connectivity index (χ4v) is 2.73. The molecule has 1 N–H and O–H groups in total. The molecule has 1 saturated carbocycles. The summed E-state index contributed by atoms with van der Waals surface area (Å²) in [5.74, 6) is 0.456. The Balaban J connectivity index is 1.78. The van der Waals surface area contributed by atoms with E-state index in [-0.39, 0.29) is 5.82 Å². The molecule has 3 nitrogen and oxygen atoms in total. The van der Waals surface area contributed by atoms with E-state index < -0.39 is 0 Å². The zero-order chi connectivity index (χ0) is 14.7. The van der Waals surface area contributed by atoms with Crippen LogP contribution in [0.5, 0.6) is 0 Å². The van der Waals surface area contributed by atoms with Gasteiger partial charge in [-0.25, -0.2) is 4.39 Å². The van der Waals surface area contributed by atoms with E-state index in [4.69, 9.17) is 0 Å². The highest BCUT2D eigenvalue weighted by Gasteiger charge is 2.30. The number of nitrogens with one attached hydrogen (secondary N) is 1. The minimum atomic E-state index is -0.183. The third-order valence-corrected chi connectivity index (χ3v) is 3.89. The molecule has 0 unspecified atom stereocenters. The van der Waals surface area contributed by atoms with Gasteiger partial charge >= 0.3 is 0 Å². The van der Waals surface area contributed by atoms with Gasteiger partial charge in [0.05, 0.1) is 12.7 Å². The maximum Gasteiger partial charge on any atom is 0.123 e. The summed E-state index contributed by atoms with van der Waals surface area (Å²) in [5.41, 5.74) is 3.60. The lowest BCUT2D eigenvalue weighted by molar-refractivity contribution is 0.610. The summed E-state index contributed by atoms with van der Waals surface area (Å²) < 4.78 is 15.4. The van der Waals surface area contributed by atoms with E-state index in [9.17, 15) is 4.39 Å². The average Bonchev–Trinajstić information content (AvgIpc) is 3.23. The monoisotopic (exact) mass is 287 g/mol. The average molecular weight is 287 g/mol. The maximum absolute atomic E-state index is 13.3. The Morgan fingerprint density at radius 2 is 2.24 bits per heavy atom. The van der Waals surface area contributed by atoms with Crippen LogP contribution in [0.3, 0.4) is 0 Å². The molecule has 1 fully saturated rings. The molecule has 112 valence electrons. The predicted octanol–water partition coefficient (Wildman–Crippen LogP) is 3.45. The third-order valence-electron chi connectivity index (χ3n) is 3.89. The van der Waals surface area contributed by atoms with Crippen molar-refractivity contribution in [2.45, 2.75) is 45.2 Å². The van der Waals surface area contributed by atoms with Crippen LogP contribution in [0.15, 0.2) is 30.5 Å². The molecule has 2 aromatic rings. The highest BCUT2D eigenvalue weighted by Crippen LogP contribution is 2.41. The van der Waals surface area contributed by atoms with E-state index in [2.05, 4.69) is 22.0 Å². The topological polar surface area (TPSA) is 29.9 Å². The van der Waals surface area contributed by atoms with Crippen molar-refractivity contribution in [1.82, 2.24) is 15.1 Å². The van der Waals surface area contributed by atoms with Crippen molar-refractivity contribution in [3.05, 3.63) is 53.1 Å². The van der Waals surface area contributed by atoms with Gasteiger partial charge in [-0.3, -0.25) is 4.68 Å². The van der Waals surface area contributed by atoms with Crippen LogP contribution in [0.25, 0.3) is 0 Å². The molecular formula is C17H22FN3. The molecule has 1 heterocycles. The predicted molar refractivity (Wildman–Crippen MR) is 81.7 cm³/mol. The number of benzene rings is 1. The van der Waals surface area contributed by atoms with Gasteiger partial charge in [-0.2, -0.15) is 5.10 Å². The van der Waals surface area contributed by atoms with E-state index in [0.717, 1.165) is 25.1 Å². The van der Waals surface area contributed by atoms with Crippen LogP contribution in [0.1, 0.15) is 48.9 Å². The van der Waals surface area contributed by atoms with E-state index in [1.54, 1.807) is 12.1 Å². The van der Waals surface area contributed by atoms with Crippen LogP contribution in [0.2, 0.25) is 0 Å². The van der Waals surface area contributed by atoms with Crippen molar-refractivity contribution >= 4 is 0 Å². The number of rotatable bonds is 7. The molecule has 0 saturated heterocycles. The Morgan fingerprint density at radius 1 is 1.38 bits per heavy atom. The van der Waals surface area contributed by atoms with Gasteiger partial charge < -0.3 is 5.32 Å². The summed E-state index contributed by atoms with van der Waals surface area (Å²) in [6.45, 7) is 4.72. The SMILES string of the molecule is CCCNCc1cnn(Cc2cccc(F)c2)c1C1CC1. The molecule has 3 rings (SSSR count). The first-order valence-corrected chi connectivity index (χ1v) is 7.77. The second kappa shape index (κ2) is 6.39. The fraction of sp³-hybridized carbons (Fsp3) is 0.471. The molecule has 0 aliphatic heterocycles. The summed E-state index contributed by atoms with van der Waals surface area (Å²) in [6.07, 6.45) is 5.59. The van der Waals surface area contributed by atoms with Gasteiger partial charge in [-0.1, -0.05) is 19.1 Å². The van der Waals surface area contributed by atoms with Gasteiger partial charge in [0.2, 0.25) is 0 Å². The number of halogens is 1. The highest BCUT2D eigenvalue weighted by molar-refractivity contribution is 5.27. The van der Waals surface area contributed by atoms with Crippen molar-refractivity contribution in [2.75, 3.05) is 6.54 Å². The minimum Gasteiger partial charge on any atom is -0.313 e. The van der Waals surface area contributed by atoms with E-state index in [1.165, 1.54) is 30.2 Å². The number of aromatic nitrogens is 2. The number of nitrogens with zero attached hydrogens (tertiary/aromatic N) is 2. The molecule has 0 bridgehead atoms. The van der Waals surface area contributed by atoms with Gasteiger partial charge in [0.25, 0.3) is 0 Å². The molecule has 1 aliphatic rings. The van der Waals surface area contributed by atoms with E-state index >= 15 is 0 Å². The fourth-order valence-electron chi connectivity index (χ4n) is 2.73. The van der Waals surface area contributed by atoms with E-state index in [1.807, 2.05) is 12.3 Å². The van der Waals surface area contributed by atoms with Gasteiger partial charge in [0.15, 0.2) is 0 Å². The van der Waals surface area contributed by atoms with Crippen LogP contribution in [0, 0.1) is 5.82 Å². The summed E-state index contributed by atoms with van der Waals surface area (Å²) in [6, 6.07) is 6.78. The molecule has 1 aromatic carbocycles. The molecule has 0 amide bonds. The molecule has 1 aliphatic carbocycles. The van der Waals surface area contributed by atoms with Crippen LogP contribution in [-0.4, -0.2) is 16.3 Å².